The molecule has 7 heteroatoms. The lowest BCUT2D eigenvalue weighted by Crippen LogP contribution is -2.42. The second-order valence-corrected chi connectivity index (χ2v) is 6.04. The quantitative estimate of drug-likeness (QED) is 0.564. The minimum Gasteiger partial charge on any atom is -0.354 e. The lowest BCUT2D eigenvalue weighted by molar-refractivity contribution is -0.123. The van der Waals surface area contributed by atoms with E-state index >= 15 is 0 Å². The van der Waals surface area contributed by atoms with Gasteiger partial charge in [-0.15, -0.1) is 0 Å². The molecule has 0 fully saturated rings. The average Bonchev–Trinajstić information content (AvgIpc) is 2.76. The third-order valence-electron chi connectivity index (χ3n) is 3.54. The maximum atomic E-state index is 12.1. The second-order valence-electron chi connectivity index (χ2n) is 6.04. The van der Waals surface area contributed by atoms with Crippen LogP contribution < -0.4 is 10.6 Å². The third kappa shape index (κ3) is 4.18. The summed E-state index contributed by atoms with van der Waals surface area (Å²) in [7, 11) is 0. The smallest absolute Gasteiger partial charge is 0.262 e. The highest BCUT2D eigenvalue weighted by molar-refractivity contribution is 6.22. The molecule has 24 heavy (non-hydrogen) atoms. The van der Waals surface area contributed by atoms with E-state index < -0.39 is 17.7 Å². The van der Waals surface area contributed by atoms with E-state index in [0.717, 1.165) is 4.90 Å². The summed E-state index contributed by atoms with van der Waals surface area (Å²) in [4.78, 5) is 48.6. The van der Waals surface area contributed by atoms with E-state index in [9.17, 15) is 19.2 Å². The van der Waals surface area contributed by atoms with Crippen LogP contribution in [0.3, 0.4) is 0 Å². The molecule has 1 heterocycles. The van der Waals surface area contributed by atoms with E-state index in [2.05, 4.69) is 10.6 Å². The summed E-state index contributed by atoms with van der Waals surface area (Å²) in [6, 6.07) is 6.48. The van der Waals surface area contributed by atoms with Gasteiger partial charge in [-0.3, -0.25) is 24.1 Å². The van der Waals surface area contributed by atoms with Crippen LogP contribution in [0.2, 0.25) is 0 Å². The van der Waals surface area contributed by atoms with Gasteiger partial charge in [-0.2, -0.15) is 0 Å². The normalized spacial score (nSPS) is 13.2. The number of hydrogen-bond donors (Lipinski definition) is 2. The van der Waals surface area contributed by atoms with Crippen LogP contribution in [0.5, 0.6) is 0 Å². The van der Waals surface area contributed by atoms with Crippen molar-refractivity contribution in [2.24, 2.45) is 5.92 Å². The molecule has 1 aromatic rings. The number of amides is 4. The van der Waals surface area contributed by atoms with Crippen LogP contribution >= 0.6 is 0 Å². The Hall–Kier alpha value is -2.70. The zero-order valence-corrected chi connectivity index (χ0v) is 13.8. The van der Waals surface area contributed by atoms with E-state index in [1.807, 2.05) is 13.8 Å². The van der Waals surface area contributed by atoms with Gasteiger partial charge in [-0.25, -0.2) is 0 Å². The Bertz CT molecular complexity index is 635. The highest BCUT2D eigenvalue weighted by atomic mass is 16.2. The van der Waals surface area contributed by atoms with Crippen LogP contribution in [-0.4, -0.2) is 48.2 Å². The molecule has 2 rings (SSSR count). The molecule has 0 saturated carbocycles. The first kappa shape index (κ1) is 17.7. The third-order valence-corrected chi connectivity index (χ3v) is 3.54. The first-order valence-electron chi connectivity index (χ1n) is 7.88. The summed E-state index contributed by atoms with van der Waals surface area (Å²) in [5.74, 6) is -1.16. The van der Waals surface area contributed by atoms with Gasteiger partial charge in [-0.1, -0.05) is 26.0 Å². The van der Waals surface area contributed by atoms with Crippen molar-refractivity contribution in [2.45, 2.75) is 20.3 Å². The van der Waals surface area contributed by atoms with Crippen molar-refractivity contribution in [1.29, 1.82) is 0 Å². The fraction of sp³-hybridized carbons (Fsp3) is 0.412. The number of fused-ring (bicyclic) bond motifs is 1. The summed E-state index contributed by atoms with van der Waals surface area (Å²) in [6.07, 6.45) is 0.434. The number of rotatable bonds is 7. The Morgan fingerprint density at radius 2 is 1.46 bits per heavy atom. The van der Waals surface area contributed by atoms with Crippen molar-refractivity contribution in [3.05, 3.63) is 35.4 Å². The molecule has 2 N–H and O–H groups in total. The Kier molecular flexibility index (Phi) is 5.68. The SMILES string of the molecule is CC(C)CC(=O)NCCNC(=O)CN1C(=O)c2ccccc2C1=O. The molecule has 0 atom stereocenters. The highest BCUT2D eigenvalue weighted by Crippen LogP contribution is 2.21. The minimum absolute atomic E-state index is 0.0698. The fourth-order valence-electron chi connectivity index (χ4n) is 2.43. The molecule has 1 aliphatic rings. The lowest BCUT2D eigenvalue weighted by Gasteiger charge is -2.14. The first-order chi connectivity index (χ1) is 11.4. The van der Waals surface area contributed by atoms with Crippen molar-refractivity contribution in [3.63, 3.8) is 0 Å². The molecule has 4 amide bonds. The summed E-state index contributed by atoms with van der Waals surface area (Å²) >= 11 is 0. The van der Waals surface area contributed by atoms with E-state index in [1.165, 1.54) is 0 Å². The van der Waals surface area contributed by atoms with Gasteiger partial charge in [0.05, 0.1) is 11.1 Å². The van der Waals surface area contributed by atoms with Gasteiger partial charge in [-0.05, 0) is 18.1 Å². The van der Waals surface area contributed by atoms with Crippen LogP contribution in [-0.2, 0) is 9.59 Å². The van der Waals surface area contributed by atoms with Gasteiger partial charge in [0.2, 0.25) is 11.8 Å². The van der Waals surface area contributed by atoms with E-state index in [4.69, 9.17) is 0 Å². The molecular weight excluding hydrogens is 310 g/mol. The highest BCUT2D eigenvalue weighted by Gasteiger charge is 2.36. The maximum absolute atomic E-state index is 12.1. The standard InChI is InChI=1S/C17H21N3O4/c1-11(2)9-14(21)18-7-8-19-15(22)10-20-16(23)12-5-3-4-6-13(12)17(20)24/h3-6,11H,7-10H2,1-2H3,(H,18,21)(H,19,22). The van der Waals surface area contributed by atoms with Gasteiger partial charge in [0.25, 0.3) is 11.8 Å². The predicted octanol–water partition coefficient (Wildman–Crippen LogP) is 0.561. The molecule has 1 aliphatic heterocycles. The number of hydrogen-bond acceptors (Lipinski definition) is 4. The zero-order chi connectivity index (χ0) is 17.7. The Morgan fingerprint density at radius 3 is 1.96 bits per heavy atom. The molecule has 0 saturated heterocycles. The van der Waals surface area contributed by atoms with Crippen LogP contribution in [0.4, 0.5) is 0 Å². The topological polar surface area (TPSA) is 95.6 Å². The van der Waals surface area contributed by atoms with Crippen LogP contribution in [0.15, 0.2) is 24.3 Å². The second kappa shape index (κ2) is 7.72. The number of nitrogens with one attached hydrogen (secondary N) is 2. The van der Waals surface area contributed by atoms with Crippen molar-refractivity contribution < 1.29 is 19.2 Å². The monoisotopic (exact) mass is 331 g/mol. The van der Waals surface area contributed by atoms with E-state index in [0.29, 0.717) is 24.1 Å². The van der Waals surface area contributed by atoms with Crippen molar-refractivity contribution in [2.75, 3.05) is 19.6 Å². The molecule has 0 unspecified atom stereocenters. The summed E-state index contributed by atoms with van der Waals surface area (Å²) in [6.45, 7) is 4.12. The van der Waals surface area contributed by atoms with Gasteiger partial charge in [0, 0.05) is 19.5 Å². The van der Waals surface area contributed by atoms with Crippen LogP contribution in [0.1, 0.15) is 41.0 Å². The molecule has 0 spiro atoms. The predicted molar refractivity (Wildman–Crippen MR) is 87.3 cm³/mol. The summed E-state index contributed by atoms with van der Waals surface area (Å²) in [5, 5.41) is 5.28. The minimum atomic E-state index is -0.462. The fourth-order valence-corrected chi connectivity index (χ4v) is 2.43. The number of carbonyl (C=O) groups excluding carboxylic acids is 4. The van der Waals surface area contributed by atoms with Gasteiger partial charge < -0.3 is 10.6 Å². The molecule has 1 aromatic carbocycles. The van der Waals surface area contributed by atoms with Crippen molar-refractivity contribution in [1.82, 2.24) is 15.5 Å². The largest absolute Gasteiger partial charge is 0.354 e. The summed E-state index contributed by atoms with van der Waals surface area (Å²) in [5.41, 5.74) is 0.632. The van der Waals surface area contributed by atoms with E-state index in [1.54, 1.807) is 24.3 Å². The Balaban J connectivity index is 1.77. The number of carbonyl (C=O) groups is 4. The maximum Gasteiger partial charge on any atom is 0.262 e. The average molecular weight is 331 g/mol. The van der Waals surface area contributed by atoms with Gasteiger partial charge >= 0.3 is 0 Å². The molecule has 0 aliphatic carbocycles. The van der Waals surface area contributed by atoms with E-state index in [-0.39, 0.29) is 24.9 Å². The zero-order valence-electron chi connectivity index (χ0n) is 13.8. The number of benzene rings is 1. The van der Waals surface area contributed by atoms with Crippen LogP contribution in [0, 0.1) is 5.92 Å². The van der Waals surface area contributed by atoms with Crippen molar-refractivity contribution >= 4 is 23.6 Å². The first-order valence-corrected chi connectivity index (χ1v) is 7.88. The summed E-state index contributed by atoms with van der Waals surface area (Å²) < 4.78 is 0. The van der Waals surface area contributed by atoms with Crippen molar-refractivity contribution in [3.8, 4) is 0 Å². The molecule has 0 aromatic heterocycles. The van der Waals surface area contributed by atoms with Crippen LogP contribution in [0.25, 0.3) is 0 Å². The molecule has 0 bridgehead atoms. The lowest BCUT2D eigenvalue weighted by atomic mass is 10.1. The molecular formula is C17H21N3O4. The number of imide groups is 1. The molecule has 0 radical (unpaired) electrons. The molecule has 7 nitrogen and oxygen atoms in total. The Morgan fingerprint density at radius 1 is 0.958 bits per heavy atom. The number of nitrogens with zero attached hydrogens (tertiary/aromatic N) is 1. The van der Waals surface area contributed by atoms with Gasteiger partial charge in [0.15, 0.2) is 0 Å². The molecule has 128 valence electrons. The van der Waals surface area contributed by atoms with Gasteiger partial charge in [0.1, 0.15) is 6.54 Å². The Labute approximate surface area is 140 Å².